The molecular weight excluding hydrogens is 584 g/mol. The summed E-state index contributed by atoms with van der Waals surface area (Å²) in [5.41, 5.74) is 3.64. The molecule has 238 valence electrons. The SMILES string of the molecule is COc1cc(O)cc(OC)c1C1C2=CCC3C(=O)N(C4CCN(Cc5ccccc5)CC4)C(=O)C3C2CC2=C1C(=O)C=C(C)C2=O. The lowest BCUT2D eigenvalue weighted by Crippen LogP contribution is -2.47. The third-order valence-electron chi connectivity index (χ3n) is 10.6. The number of amides is 2. The number of carbonyl (C=O) groups excluding carboxylic acids is 4. The van der Waals surface area contributed by atoms with Crippen molar-refractivity contribution < 1.29 is 33.8 Å². The quantitative estimate of drug-likeness (QED) is 0.285. The number of ketones is 2. The molecule has 46 heavy (non-hydrogen) atoms. The topological polar surface area (TPSA) is 113 Å². The van der Waals surface area contributed by atoms with Gasteiger partial charge in [-0.1, -0.05) is 42.0 Å². The number of rotatable bonds is 6. The molecule has 0 saturated carbocycles. The number of imide groups is 1. The molecule has 2 fully saturated rings. The Morgan fingerprint density at radius 3 is 2.24 bits per heavy atom. The fraction of sp³-hybridized carbons (Fsp3) is 0.405. The molecule has 0 aromatic heterocycles. The number of phenolic OH excluding ortho intramolecular Hbond substituents is 1. The molecule has 9 nitrogen and oxygen atoms in total. The molecule has 2 aliphatic heterocycles. The second-order valence-corrected chi connectivity index (χ2v) is 13.0. The number of carbonyl (C=O) groups is 4. The number of aromatic hydroxyl groups is 1. The minimum atomic E-state index is -0.737. The number of methoxy groups -OCH3 is 2. The van der Waals surface area contributed by atoms with Crippen molar-refractivity contribution >= 4 is 23.4 Å². The third-order valence-corrected chi connectivity index (χ3v) is 10.6. The van der Waals surface area contributed by atoms with Gasteiger partial charge in [0.15, 0.2) is 11.6 Å². The molecule has 0 spiro atoms. The molecule has 7 rings (SSSR count). The highest BCUT2D eigenvalue weighted by Crippen LogP contribution is 2.58. The lowest BCUT2D eigenvalue weighted by molar-refractivity contribution is -0.144. The number of Topliss-reactive ketones (excluding diaryl/α,β-unsaturated/α-hetero) is 1. The maximum absolute atomic E-state index is 14.4. The van der Waals surface area contributed by atoms with Gasteiger partial charge in [-0.2, -0.15) is 0 Å². The highest BCUT2D eigenvalue weighted by atomic mass is 16.5. The molecule has 2 aromatic carbocycles. The summed E-state index contributed by atoms with van der Waals surface area (Å²) in [6, 6.07) is 13.0. The number of nitrogens with zero attached hydrogens (tertiary/aromatic N) is 2. The van der Waals surface area contributed by atoms with Crippen LogP contribution in [0.1, 0.15) is 49.7 Å². The van der Waals surface area contributed by atoms with Crippen LogP contribution in [-0.2, 0) is 25.7 Å². The smallest absolute Gasteiger partial charge is 0.233 e. The second-order valence-electron chi connectivity index (χ2n) is 13.0. The Labute approximate surface area is 268 Å². The number of hydrogen-bond acceptors (Lipinski definition) is 8. The van der Waals surface area contributed by atoms with Gasteiger partial charge in [0.05, 0.1) is 26.1 Å². The second kappa shape index (κ2) is 11.7. The first-order valence-corrected chi connectivity index (χ1v) is 16.0. The first-order chi connectivity index (χ1) is 22.2. The fourth-order valence-electron chi connectivity index (χ4n) is 8.48. The van der Waals surface area contributed by atoms with Gasteiger partial charge in [0.2, 0.25) is 11.8 Å². The molecule has 1 N–H and O–H groups in total. The van der Waals surface area contributed by atoms with Crippen LogP contribution in [0, 0.1) is 17.8 Å². The molecule has 2 heterocycles. The summed E-state index contributed by atoms with van der Waals surface area (Å²) in [4.78, 5) is 59.6. The van der Waals surface area contributed by atoms with Crippen LogP contribution < -0.4 is 9.47 Å². The number of fused-ring (bicyclic) bond motifs is 3. The Morgan fingerprint density at radius 1 is 0.913 bits per heavy atom. The van der Waals surface area contributed by atoms with E-state index in [-0.39, 0.29) is 41.6 Å². The normalized spacial score (nSPS) is 26.8. The van der Waals surface area contributed by atoms with Gasteiger partial charge in [-0.3, -0.25) is 29.0 Å². The van der Waals surface area contributed by atoms with E-state index in [1.807, 2.05) is 24.3 Å². The first kappa shape index (κ1) is 30.2. The Kier molecular flexibility index (Phi) is 7.67. The van der Waals surface area contributed by atoms with Gasteiger partial charge in [0.25, 0.3) is 0 Å². The van der Waals surface area contributed by atoms with Crippen LogP contribution in [0.25, 0.3) is 0 Å². The van der Waals surface area contributed by atoms with Gasteiger partial charge >= 0.3 is 0 Å². The lowest BCUT2D eigenvalue weighted by atomic mass is 9.59. The first-order valence-electron chi connectivity index (χ1n) is 16.0. The number of phenols is 1. The highest BCUT2D eigenvalue weighted by molar-refractivity contribution is 6.24. The van der Waals surface area contributed by atoms with Crippen LogP contribution >= 0.6 is 0 Å². The van der Waals surface area contributed by atoms with E-state index in [9.17, 15) is 24.3 Å². The number of benzene rings is 2. The monoisotopic (exact) mass is 622 g/mol. The summed E-state index contributed by atoms with van der Waals surface area (Å²) >= 11 is 0. The molecule has 3 aliphatic carbocycles. The molecule has 4 unspecified atom stereocenters. The van der Waals surface area contributed by atoms with Crippen molar-refractivity contribution in [3.05, 3.63) is 88.0 Å². The predicted octanol–water partition coefficient (Wildman–Crippen LogP) is 4.50. The van der Waals surface area contributed by atoms with Gasteiger partial charge in [-0.15, -0.1) is 0 Å². The molecule has 2 saturated heterocycles. The van der Waals surface area contributed by atoms with E-state index >= 15 is 0 Å². The zero-order valence-corrected chi connectivity index (χ0v) is 26.3. The molecule has 5 aliphatic rings. The van der Waals surface area contributed by atoms with Crippen molar-refractivity contribution in [1.82, 2.24) is 9.80 Å². The third kappa shape index (κ3) is 4.80. The van der Waals surface area contributed by atoms with Gasteiger partial charge < -0.3 is 14.6 Å². The minimum absolute atomic E-state index is 0.0690. The van der Waals surface area contributed by atoms with Gasteiger partial charge in [-0.25, -0.2) is 0 Å². The van der Waals surface area contributed by atoms with Crippen molar-refractivity contribution in [2.45, 2.75) is 51.1 Å². The Morgan fingerprint density at radius 2 is 1.59 bits per heavy atom. The van der Waals surface area contributed by atoms with Gasteiger partial charge in [0.1, 0.15) is 17.2 Å². The Hall–Kier alpha value is -4.50. The van der Waals surface area contributed by atoms with E-state index in [0.29, 0.717) is 53.0 Å². The van der Waals surface area contributed by atoms with Crippen LogP contribution in [0.15, 0.2) is 76.9 Å². The van der Waals surface area contributed by atoms with Gasteiger partial charge in [0, 0.05) is 66.0 Å². The molecular formula is C37H38N2O7. The van der Waals surface area contributed by atoms with E-state index < -0.39 is 23.7 Å². The summed E-state index contributed by atoms with van der Waals surface area (Å²) in [6.45, 7) is 4.05. The van der Waals surface area contributed by atoms with Crippen LogP contribution in [0.5, 0.6) is 17.2 Å². The standard InChI is InChI=1S/C37H38N2O7/c1-20-15-28(41)32-27(35(20)42)18-26-24(33(32)34-29(45-2)16-23(40)17-30(34)46-3)9-10-25-31(26)37(44)39(36(25)43)22-11-13-38(14-12-22)19-21-7-5-4-6-8-21/h4-9,15-17,22,25-26,31,33,40H,10-14,18-19H2,1-3H3. The lowest BCUT2D eigenvalue weighted by Gasteiger charge is -2.42. The number of hydrogen-bond donors (Lipinski definition) is 1. The van der Waals surface area contributed by atoms with Crippen LogP contribution in [0.4, 0.5) is 0 Å². The molecule has 2 amide bonds. The zero-order chi connectivity index (χ0) is 32.3. The molecule has 0 radical (unpaired) electrons. The van der Waals surface area contributed by atoms with Crippen molar-refractivity contribution in [2.75, 3.05) is 27.3 Å². The van der Waals surface area contributed by atoms with E-state index in [1.54, 1.807) is 6.92 Å². The summed E-state index contributed by atoms with van der Waals surface area (Å²) in [5, 5.41) is 10.4. The summed E-state index contributed by atoms with van der Waals surface area (Å²) in [7, 11) is 2.94. The number of likely N-dealkylation sites (tertiary alicyclic amines) is 2. The van der Waals surface area contributed by atoms with Gasteiger partial charge in [-0.05, 0) is 50.2 Å². The molecule has 4 atom stereocenters. The predicted molar refractivity (Wildman–Crippen MR) is 169 cm³/mol. The maximum Gasteiger partial charge on any atom is 0.233 e. The van der Waals surface area contributed by atoms with E-state index in [1.165, 1.54) is 42.9 Å². The van der Waals surface area contributed by atoms with Crippen molar-refractivity contribution in [2.24, 2.45) is 17.8 Å². The van der Waals surface area contributed by atoms with Crippen LogP contribution in [-0.4, -0.2) is 71.6 Å². The number of ether oxygens (including phenoxy) is 2. The van der Waals surface area contributed by atoms with E-state index in [0.717, 1.165) is 25.2 Å². The zero-order valence-electron chi connectivity index (χ0n) is 26.3. The highest BCUT2D eigenvalue weighted by Gasteiger charge is 2.58. The largest absolute Gasteiger partial charge is 0.508 e. The minimum Gasteiger partial charge on any atom is -0.508 e. The fourth-order valence-corrected chi connectivity index (χ4v) is 8.48. The van der Waals surface area contributed by atoms with E-state index in [2.05, 4.69) is 17.0 Å². The summed E-state index contributed by atoms with van der Waals surface area (Å²) < 4.78 is 11.4. The van der Waals surface area contributed by atoms with Crippen LogP contribution in [0.2, 0.25) is 0 Å². The Balaban J connectivity index is 1.23. The van der Waals surface area contributed by atoms with Crippen molar-refractivity contribution in [3.63, 3.8) is 0 Å². The summed E-state index contributed by atoms with van der Waals surface area (Å²) in [6.07, 6.45) is 5.36. The van der Waals surface area contributed by atoms with Crippen molar-refractivity contribution in [3.8, 4) is 17.2 Å². The molecule has 2 aromatic rings. The Bertz CT molecular complexity index is 1710. The average molecular weight is 623 g/mol. The van der Waals surface area contributed by atoms with E-state index in [4.69, 9.17) is 9.47 Å². The number of allylic oxidation sites excluding steroid dienone is 6. The number of piperidine rings is 1. The van der Waals surface area contributed by atoms with Crippen LogP contribution in [0.3, 0.4) is 0 Å². The van der Waals surface area contributed by atoms with Crippen molar-refractivity contribution in [1.29, 1.82) is 0 Å². The average Bonchev–Trinajstić information content (AvgIpc) is 3.32. The summed E-state index contributed by atoms with van der Waals surface area (Å²) in [5.74, 6) is -2.59. The maximum atomic E-state index is 14.4. The molecule has 9 heteroatoms. The molecule has 0 bridgehead atoms.